The summed E-state index contributed by atoms with van der Waals surface area (Å²) >= 11 is 0. The fourth-order valence-corrected chi connectivity index (χ4v) is 3.58. The summed E-state index contributed by atoms with van der Waals surface area (Å²) in [6.07, 6.45) is 4.84. The fourth-order valence-electron chi connectivity index (χ4n) is 3.58. The maximum Gasteiger partial charge on any atom is 0.306 e. The van der Waals surface area contributed by atoms with E-state index in [0.717, 1.165) is 6.42 Å². The summed E-state index contributed by atoms with van der Waals surface area (Å²) in [5.41, 5.74) is 0. The summed E-state index contributed by atoms with van der Waals surface area (Å²) in [5, 5.41) is 12.2. The van der Waals surface area contributed by atoms with Crippen molar-refractivity contribution >= 4 is 24.3 Å². The van der Waals surface area contributed by atoms with Crippen LogP contribution in [0.1, 0.15) is 46.0 Å². The molecule has 128 valence electrons. The molecule has 0 aromatic rings. The van der Waals surface area contributed by atoms with Gasteiger partial charge < -0.3 is 10.4 Å². The van der Waals surface area contributed by atoms with E-state index < -0.39 is 5.97 Å². The Labute approximate surface area is 139 Å². The van der Waals surface area contributed by atoms with E-state index in [-0.39, 0.29) is 24.2 Å². The lowest BCUT2D eigenvalue weighted by molar-refractivity contribution is -0.143. The highest BCUT2D eigenvalue weighted by Gasteiger charge is 2.29. The zero-order chi connectivity index (χ0) is 15.4. The smallest absolute Gasteiger partial charge is 0.306 e. The Morgan fingerprint density at radius 3 is 2.36 bits per heavy atom. The predicted octanol–water partition coefficient (Wildman–Crippen LogP) is 2.15. The average molecular weight is 333 g/mol. The number of carboxylic acids is 1. The van der Waals surface area contributed by atoms with E-state index in [2.05, 4.69) is 24.1 Å². The summed E-state index contributed by atoms with van der Waals surface area (Å²) in [5.74, 6) is 0.373. The zero-order valence-electron chi connectivity index (χ0n) is 13.6. The molecule has 1 saturated carbocycles. The maximum atomic E-state index is 12.2. The fraction of sp³-hybridized carbons (Fsp3) is 0.875. The number of carbonyl (C=O) groups excluding carboxylic acids is 1. The number of halogens is 1. The van der Waals surface area contributed by atoms with Crippen LogP contribution >= 0.6 is 12.4 Å². The van der Waals surface area contributed by atoms with Crippen LogP contribution in [0.2, 0.25) is 0 Å². The Morgan fingerprint density at radius 2 is 1.77 bits per heavy atom. The topological polar surface area (TPSA) is 69.6 Å². The minimum Gasteiger partial charge on any atom is -0.481 e. The van der Waals surface area contributed by atoms with Crippen LogP contribution in [0.3, 0.4) is 0 Å². The van der Waals surface area contributed by atoms with E-state index in [1.54, 1.807) is 0 Å². The normalized spacial score (nSPS) is 30.4. The van der Waals surface area contributed by atoms with Crippen molar-refractivity contribution in [2.24, 2.45) is 17.8 Å². The van der Waals surface area contributed by atoms with E-state index >= 15 is 0 Å². The Balaban J connectivity index is 0.00000242. The van der Waals surface area contributed by atoms with Crippen molar-refractivity contribution in [1.82, 2.24) is 10.2 Å². The van der Waals surface area contributed by atoms with Crippen molar-refractivity contribution in [3.05, 3.63) is 0 Å². The van der Waals surface area contributed by atoms with Crippen molar-refractivity contribution in [2.45, 2.75) is 52.0 Å². The summed E-state index contributed by atoms with van der Waals surface area (Å²) < 4.78 is 0. The third-order valence-corrected chi connectivity index (χ3v) is 5.36. The van der Waals surface area contributed by atoms with Crippen LogP contribution in [-0.4, -0.2) is 47.6 Å². The van der Waals surface area contributed by atoms with Crippen LogP contribution in [0.15, 0.2) is 0 Å². The van der Waals surface area contributed by atoms with Crippen LogP contribution in [-0.2, 0) is 9.59 Å². The molecule has 22 heavy (non-hydrogen) atoms. The van der Waals surface area contributed by atoms with E-state index in [9.17, 15) is 9.59 Å². The molecule has 0 aromatic carbocycles. The highest BCUT2D eigenvalue weighted by atomic mass is 35.5. The van der Waals surface area contributed by atoms with Gasteiger partial charge in [-0.2, -0.15) is 0 Å². The Kier molecular flexibility index (Phi) is 7.63. The van der Waals surface area contributed by atoms with Gasteiger partial charge in [0, 0.05) is 6.04 Å². The van der Waals surface area contributed by atoms with Crippen molar-refractivity contribution in [2.75, 3.05) is 19.6 Å². The number of hydrogen-bond acceptors (Lipinski definition) is 3. The molecule has 1 aliphatic carbocycles. The molecule has 2 fully saturated rings. The first-order chi connectivity index (χ1) is 9.97. The molecule has 2 aliphatic rings. The van der Waals surface area contributed by atoms with Crippen LogP contribution in [0.25, 0.3) is 0 Å². The third-order valence-electron chi connectivity index (χ3n) is 5.36. The van der Waals surface area contributed by atoms with Gasteiger partial charge in [-0.05, 0) is 44.2 Å². The van der Waals surface area contributed by atoms with Crippen LogP contribution in [0, 0.1) is 17.8 Å². The van der Waals surface area contributed by atoms with Gasteiger partial charge >= 0.3 is 5.97 Å². The lowest BCUT2D eigenvalue weighted by Crippen LogP contribution is -2.48. The molecule has 1 heterocycles. The number of carboxylic acid groups (broad SMARTS) is 1. The van der Waals surface area contributed by atoms with Crippen LogP contribution in [0.4, 0.5) is 0 Å². The average Bonchev–Trinajstić information content (AvgIpc) is 2.44. The molecule has 6 heteroatoms. The first-order valence-electron chi connectivity index (χ1n) is 8.22. The Bertz CT molecular complexity index is 384. The van der Waals surface area contributed by atoms with Crippen molar-refractivity contribution in [1.29, 1.82) is 0 Å². The van der Waals surface area contributed by atoms with Crippen molar-refractivity contribution in [3.8, 4) is 0 Å². The van der Waals surface area contributed by atoms with Gasteiger partial charge in [0.2, 0.25) is 5.91 Å². The summed E-state index contributed by atoms with van der Waals surface area (Å²) in [4.78, 5) is 25.2. The largest absolute Gasteiger partial charge is 0.481 e. The molecule has 1 aliphatic heterocycles. The molecule has 3 atom stereocenters. The molecular weight excluding hydrogens is 304 g/mol. The number of nitrogens with zero attached hydrogens (tertiary/aromatic N) is 1. The van der Waals surface area contributed by atoms with Crippen molar-refractivity contribution in [3.63, 3.8) is 0 Å². The molecule has 0 bridgehead atoms. The Hall–Kier alpha value is -0.810. The zero-order valence-corrected chi connectivity index (χ0v) is 14.4. The van der Waals surface area contributed by atoms with Gasteiger partial charge in [0.05, 0.1) is 12.5 Å². The molecular formula is C16H29ClN2O3. The van der Waals surface area contributed by atoms with Gasteiger partial charge in [-0.25, -0.2) is 0 Å². The number of rotatable bonds is 4. The maximum absolute atomic E-state index is 12.2. The summed E-state index contributed by atoms with van der Waals surface area (Å²) in [7, 11) is 0. The van der Waals surface area contributed by atoms with Gasteiger partial charge in [-0.1, -0.05) is 26.7 Å². The number of piperidine rings is 1. The van der Waals surface area contributed by atoms with Crippen LogP contribution < -0.4 is 5.32 Å². The number of nitrogens with one attached hydrogen (secondary N) is 1. The second-order valence-electron chi connectivity index (χ2n) is 6.83. The molecule has 1 saturated heterocycles. The summed E-state index contributed by atoms with van der Waals surface area (Å²) in [6.45, 7) is 6.32. The second-order valence-corrected chi connectivity index (χ2v) is 6.83. The van der Waals surface area contributed by atoms with E-state index in [4.69, 9.17) is 5.11 Å². The minimum atomic E-state index is -0.705. The highest BCUT2D eigenvalue weighted by molar-refractivity contribution is 5.85. The lowest BCUT2D eigenvalue weighted by atomic mass is 9.78. The third kappa shape index (κ3) is 5.13. The minimum absolute atomic E-state index is 0. The van der Waals surface area contributed by atoms with Crippen molar-refractivity contribution < 1.29 is 14.7 Å². The van der Waals surface area contributed by atoms with E-state index in [1.807, 2.05) is 0 Å². The molecule has 3 unspecified atom stereocenters. The first kappa shape index (κ1) is 19.2. The molecule has 2 rings (SSSR count). The second kappa shape index (κ2) is 8.73. The van der Waals surface area contributed by atoms with Gasteiger partial charge in [0.1, 0.15) is 0 Å². The first-order valence-corrected chi connectivity index (χ1v) is 8.22. The Morgan fingerprint density at radius 1 is 1.14 bits per heavy atom. The molecule has 5 nitrogen and oxygen atoms in total. The number of likely N-dealkylation sites (tertiary alicyclic amines) is 1. The van der Waals surface area contributed by atoms with Gasteiger partial charge in [0.15, 0.2) is 0 Å². The summed E-state index contributed by atoms with van der Waals surface area (Å²) in [6, 6.07) is 0.304. The molecule has 0 aromatic heterocycles. The standard InChI is InChI=1S/C16H28N2O3.ClH/c1-11-4-3-5-14(12(11)2)17-15(19)10-18-8-6-13(7-9-18)16(20)21;/h11-14H,3-10H2,1-2H3,(H,17,19)(H,20,21);1H. The molecule has 1 amide bonds. The number of amides is 1. The van der Waals surface area contributed by atoms with Gasteiger partial charge in [-0.15, -0.1) is 12.4 Å². The SMILES string of the molecule is CC1CCCC(NC(=O)CN2CCC(C(=O)O)CC2)C1C.Cl. The number of carbonyl (C=O) groups is 2. The molecule has 0 spiro atoms. The number of hydrogen-bond donors (Lipinski definition) is 2. The predicted molar refractivity (Wildman–Crippen MR) is 88.2 cm³/mol. The molecule has 2 N–H and O–H groups in total. The van der Waals surface area contributed by atoms with Crippen LogP contribution in [0.5, 0.6) is 0 Å². The number of aliphatic carboxylic acids is 1. The molecule has 0 radical (unpaired) electrons. The van der Waals surface area contributed by atoms with Gasteiger partial charge in [-0.3, -0.25) is 14.5 Å². The lowest BCUT2D eigenvalue weighted by Gasteiger charge is -2.35. The van der Waals surface area contributed by atoms with Gasteiger partial charge in [0.25, 0.3) is 0 Å². The quantitative estimate of drug-likeness (QED) is 0.827. The van der Waals surface area contributed by atoms with E-state index in [0.29, 0.717) is 50.4 Å². The van der Waals surface area contributed by atoms with E-state index in [1.165, 1.54) is 12.8 Å². The highest BCUT2D eigenvalue weighted by Crippen LogP contribution is 2.29. The monoisotopic (exact) mass is 332 g/mol.